The lowest BCUT2D eigenvalue weighted by atomic mass is 10.3. The first-order valence-electron chi connectivity index (χ1n) is 3.80. The molecule has 1 aromatic rings. The van der Waals surface area contributed by atoms with E-state index >= 15 is 0 Å². The van der Waals surface area contributed by atoms with Crippen molar-refractivity contribution in [1.82, 2.24) is 0 Å². The summed E-state index contributed by atoms with van der Waals surface area (Å²) in [6.07, 6.45) is 7.15. The number of nitrogens with zero attached hydrogens (tertiary/aromatic N) is 1. The van der Waals surface area contributed by atoms with E-state index in [4.69, 9.17) is 0 Å². The minimum atomic E-state index is 0.964. The zero-order chi connectivity index (χ0) is 8.65. The molecule has 12 heavy (non-hydrogen) atoms. The summed E-state index contributed by atoms with van der Waals surface area (Å²) >= 11 is 0. The largest absolute Gasteiger partial charge is 0.257 e. The SMILES string of the molecule is C=CC=CC=Nc1ccccc1. The number of rotatable bonds is 3. The second-order valence-corrected chi connectivity index (χ2v) is 2.23. The van der Waals surface area contributed by atoms with Crippen molar-refractivity contribution >= 4 is 11.9 Å². The Kier molecular flexibility index (Phi) is 3.58. The van der Waals surface area contributed by atoms with Crippen molar-refractivity contribution in [3.8, 4) is 0 Å². The number of hydrogen-bond donors (Lipinski definition) is 0. The van der Waals surface area contributed by atoms with E-state index in [9.17, 15) is 0 Å². The molecule has 0 aromatic heterocycles. The van der Waals surface area contributed by atoms with E-state index in [0.717, 1.165) is 5.69 Å². The molecule has 0 bridgehead atoms. The van der Waals surface area contributed by atoms with Crippen molar-refractivity contribution in [2.24, 2.45) is 4.99 Å². The van der Waals surface area contributed by atoms with Gasteiger partial charge in [0.1, 0.15) is 0 Å². The van der Waals surface area contributed by atoms with Crippen molar-refractivity contribution in [2.45, 2.75) is 0 Å². The number of benzene rings is 1. The lowest BCUT2D eigenvalue weighted by Crippen LogP contribution is -1.64. The fourth-order valence-electron chi connectivity index (χ4n) is 0.771. The Morgan fingerprint density at radius 2 is 1.83 bits per heavy atom. The molecule has 1 rings (SSSR count). The summed E-state index contributed by atoms with van der Waals surface area (Å²) in [5.41, 5.74) is 0.964. The van der Waals surface area contributed by atoms with E-state index < -0.39 is 0 Å². The summed E-state index contributed by atoms with van der Waals surface area (Å²) in [4.78, 5) is 4.18. The van der Waals surface area contributed by atoms with Crippen LogP contribution in [0.5, 0.6) is 0 Å². The highest BCUT2D eigenvalue weighted by molar-refractivity contribution is 5.74. The number of para-hydroxylation sites is 1. The van der Waals surface area contributed by atoms with Crippen LogP contribution in [0.3, 0.4) is 0 Å². The van der Waals surface area contributed by atoms with Crippen LogP contribution in [-0.4, -0.2) is 6.21 Å². The van der Waals surface area contributed by atoms with Crippen LogP contribution in [0.2, 0.25) is 0 Å². The predicted molar refractivity (Wildman–Crippen MR) is 53.9 cm³/mol. The molecule has 0 radical (unpaired) electrons. The maximum absolute atomic E-state index is 4.18. The molecule has 0 atom stereocenters. The zero-order valence-electron chi connectivity index (χ0n) is 6.85. The Morgan fingerprint density at radius 3 is 2.50 bits per heavy atom. The van der Waals surface area contributed by atoms with Gasteiger partial charge in [-0.15, -0.1) is 0 Å². The van der Waals surface area contributed by atoms with Crippen LogP contribution >= 0.6 is 0 Å². The van der Waals surface area contributed by atoms with Crippen LogP contribution in [-0.2, 0) is 0 Å². The average molecular weight is 157 g/mol. The van der Waals surface area contributed by atoms with Crippen molar-refractivity contribution < 1.29 is 0 Å². The van der Waals surface area contributed by atoms with Crippen molar-refractivity contribution in [1.29, 1.82) is 0 Å². The number of aliphatic imine (C=N–C) groups is 1. The van der Waals surface area contributed by atoms with Gasteiger partial charge in [-0.05, 0) is 18.2 Å². The number of hydrogen-bond acceptors (Lipinski definition) is 1. The average Bonchev–Trinajstić information content (AvgIpc) is 2.14. The highest BCUT2D eigenvalue weighted by Gasteiger charge is 1.79. The quantitative estimate of drug-likeness (QED) is 0.472. The first kappa shape index (κ1) is 8.47. The maximum atomic E-state index is 4.18. The van der Waals surface area contributed by atoms with Crippen LogP contribution in [0.25, 0.3) is 0 Å². The Hall–Kier alpha value is -1.63. The smallest absolute Gasteiger partial charge is 0.0629 e. The molecule has 0 spiro atoms. The maximum Gasteiger partial charge on any atom is 0.0629 e. The second-order valence-electron chi connectivity index (χ2n) is 2.23. The van der Waals surface area contributed by atoms with Gasteiger partial charge in [0.15, 0.2) is 0 Å². The molecule has 0 unspecified atom stereocenters. The molecule has 0 aliphatic carbocycles. The Morgan fingerprint density at radius 1 is 1.08 bits per heavy atom. The molecular weight excluding hydrogens is 146 g/mol. The van der Waals surface area contributed by atoms with Gasteiger partial charge in [-0.25, -0.2) is 0 Å². The monoisotopic (exact) mass is 157 g/mol. The highest BCUT2D eigenvalue weighted by Crippen LogP contribution is 2.07. The van der Waals surface area contributed by atoms with Crippen molar-refractivity contribution in [2.75, 3.05) is 0 Å². The minimum absolute atomic E-state index is 0.964. The second kappa shape index (κ2) is 5.08. The summed E-state index contributed by atoms with van der Waals surface area (Å²) < 4.78 is 0. The van der Waals surface area contributed by atoms with Gasteiger partial charge in [0, 0.05) is 6.21 Å². The Labute approximate surface area is 72.8 Å². The highest BCUT2D eigenvalue weighted by atomic mass is 14.7. The van der Waals surface area contributed by atoms with Gasteiger partial charge in [0.25, 0.3) is 0 Å². The Balaban J connectivity index is 2.58. The summed E-state index contributed by atoms with van der Waals surface area (Å²) in [7, 11) is 0. The summed E-state index contributed by atoms with van der Waals surface area (Å²) in [6.45, 7) is 3.56. The van der Waals surface area contributed by atoms with Gasteiger partial charge in [-0.1, -0.05) is 36.9 Å². The molecule has 1 heteroatoms. The molecular formula is C11H11N. The third-order valence-corrected chi connectivity index (χ3v) is 1.31. The third kappa shape index (κ3) is 2.97. The van der Waals surface area contributed by atoms with Gasteiger partial charge in [0.05, 0.1) is 5.69 Å². The first-order valence-corrected chi connectivity index (χ1v) is 3.80. The van der Waals surface area contributed by atoms with E-state index in [1.165, 1.54) is 0 Å². The summed E-state index contributed by atoms with van der Waals surface area (Å²) in [5.74, 6) is 0. The molecule has 0 aliphatic rings. The molecule has 0 fully saturated rings. The molecule has 0 aliphatic heterocycles. The van der Waals surface area contributed by atoms with Crippen molar-refractivity contribution in [3.05, 3.63) is 55.1 Å². The van der Waals surface area contributed by atoms with Crippen LogP contribution in [0.1, 0.15) is 0 Å². The fourth-order valence-corrected chi connectivity index (χ4v) is 0.771. The van der Waals surface area contributed by atoms with Crippen LogP contribution in [0, 0.1) is 0 Å². The van der Waals surface area contributed by atoms with Gasteiger partial charge < -0.3 is 0 Å². The van der Waals surface area contributed by atoms with E-state index in [1.54, 1.807) is 12.3 Å². The molecule has 1 nitrogen and oxygen atoms in total. The summed E-state index contributed by atoms with van der Waals surface area (Å²) in [5, 5.41) is 0. The van der Waals surface area contributed by atoms with Crippen LogP contribution in [0.4, 0.5) is 5.69 Å². The lowest BCUT2D eigenvalue weighted by Gasteiger charge is -1.87. The van der Waals surface area contributed by atoms with Gasteiger partial charge in [-0.2, -0.15) is 0 Å². The van der Waals surface area contributed by atoms with E-state index in [1.807, 2.05) is 42.5 Å². The van der Waals surface area contributed by atoms with E-state index in [0.29, 0.717) is 0 Å². The Bertz CT molecular complexity index is 283. The first-order chi connectivity index (χ1) is 5.93. The van der Waals surface area contributed by atoms with Gasteiger partial charge in [0.2, 0.25) is 0 Å². The van der Waals surface area contributed by atoms with Crippen LogP contribution < -0.4 is 0 Å². The lowest BCUT2D eigenvalue weighted by molar-refractivity contribution is 1.54. The van der Waals surface area contributed by atoms with E-state index in [-0.39, 0.29) is 0 Å². The van der Waals surface area contributed by atoms with E-state index in [2.05, 4.69) is 11.6 Å². The topological polar surface area (TPSA) is 12.4 Å². The molecule has 0 saturated heterocycles. The summed E-state index contributed by atoms with van der Waals surface area (Å²) in [6, 6.07) is 9.81. The minimum Gasteiger partial charge on any atom is -0.257 e. The van der Waals surface area contributed by atoms with Gasteiger partial charge in [-0.3, -0.25) is 4.99 Å². The third-order valence-electron chi connectivity index (χ3n) is 1.31. The molecule has 60 valence electrons. The normalized spacial score (nSPS) is 11.0. The fraction of sp³-hybridized carbons (Fsp3) is 0. The number of allylic oxidation sites excluding steroid dienone is 3. The van der Waals surface area contributed by atoms with Gasteiger partial charge >= 0.3 is 0 Å². The molecule has 0 amide bonds. The van der Waals surface area contributed by atoms with Crippen LogP contribution in [0.15, 0.2) is 60.1 Å². The molecule has 0 N–H and O–H groups in total. The van der Waals surface area contributed by atoms with Crippen molar-refractivity contribution in [3.63, 3.8) is 0 Å². The standard InChI is InChI=1S/C11H11N/c1-2-3-7-10-12-11-8-5-4-6-9-11/h2-10H,1H2. The molecule has 0 saturated carbocycles. The zero-order valence-corrected chi connectivity index (χ0v) is 6.85. The molecule has 1 aromatic carbocycles. The molecule has 0 heterocycles. The predicted octanol–water partition coefficient (Wildman–Crippen LogP) is 3.13.